The van der Waals surface area contributed by atoms with E-state index < -0.39 is 0 Å². The second-order valence-corrected chi connectivity index (χ2v) is 4.16. The molecule has 0 radical (unpaired) electrons. The Bertz CT molecular complexity index is 854. The molecular formula is C13H10N4. The molecule has 0 aliphatic rings. The lowest BCUT2D eigenvalue weighted by atomic mass is 10.3. The Kier molecular flexibility index (Phi) is 1.47. The van der Waals surface area contributed by atoms with Crippen molar-refractivity contribution in [3.05, 3.63) is 42.7 Å². The average Bonchev–Trinajstić information content (AvgIpc) is 2.88. The highest BCUT2D eigenvalue weighted by molar-refractivity contribution is 5.89. The molecule has 0 atom stereocenters. The second kappa shape index (κ2) is 2.85. The van der Waals surface area contributed by atoms with Gasteiger partial charge in [0, 0.05) is 13.2 Å². The second-order valence-electron chi connectivity index (χ2n) is 4.16. The molecule has 0 spiro atoms. The van der Waals surface area contributed by atoms with Crippen molar-refractivity contribution in [2.24, 2.45) is 7.05 Å². The molecular weight excluding hydrogens is 212 g/mol. The van der Waals surface area contributed by atoms with E-state index in [0.717, 1.165) is 16.8 Å². The molecule has 0 fully saturated rings. The quantitative estimate of drug-likeness (QED) is 0.458. The van der Waals surface area contributed by atoms with Gasteiger partial charge >= 0.3 is 0 Å². The zero-order valence-electron chi connectivity index (χ0n) is 9.33. The first-order valence-electron chi connectivity index (χ1n) is 5.52. The van der Waals surface area contributed by atoms with Crippen molar-refractivity contribution >= 4 is 27.8 Å². The summed E-state index contributed by atoms with van der Waals surface area (Å²) in [6.45, 7) is 0. The Morgan fingerprint density at radius 3 is 2.71 bits per heavy atom. The number of aromatic nitrogens is 4. The van der Waals surface area contributed by atoms with E-state index >= 15 is 0 Å². The Morgan fingerprint density at radius 2 is 1.82 bits per heavy atom. The predicted molar refractivity (Wildman–Crippen MR) is 67.0 cm³/mol. The molecule has 0 aliphatic carbocycles. The molecule has 4 nitrogen and oxygen atoms in total. The fourth-order valence-corrected chi connectivity index (χ4v) is 2.42. The maximum Gasteiger partial charge on any atom is 0.215 e. The molecule has 0 unspecified atom stereocenters. The van der Waals surface area contributed by atoms with Gasteiger partial charge in [-0.3, -0.25) is 9.38 Å². The molecule has 0 aliphatic heterocycles. The number of para-hydroxylation sites is 2. The normalized spacial score (nSPS) is 11.8. The SMILES string of the molecule is Cn1c2ccccc2n2c3cnccc3nc12. The smallest absolute Gasteiger partial charge is 0.215 e. The molecule has 0 bridgehead atoms. The van der Waals surface area contributed by atoms with Gasteiger partial charge in [-0.05, 0) is 18.2 Å². The van der Waals surface area contributed by atoms with Crippen LogP contribution in [0.1, 0.15) is 0 Å². The van der Waals surface area contributed by atoms with Gasteiger partial charge in [0.15, 0.2) is 0 Å². The van der Waals surface area contributed by atoms with Crippen LogP contribution >= 0.6 is 0 Å². The van der Waals surface area contributed by atoms with Gasteiger partial charge in [-0.1, -0.05) is 12.1 Å². The number of hydrogen-bond donors (Lipinski definition) is 0. The molecule has 4 rings (SSSR count). The van der Waals surface area contributed by atoms with Gasteiger partial charge in [-0.25, -0.2) is 4.98 Å². The van der Waals surface area contributed by atoms with Gasteiger partial charge in [-0.15, -0.1) is 0 Å². The van der Waals surface area contributed by atoms with Crippen molar-refractivity contribution in [1.29, 1.82) is 0 Å². The number of rotatable bonds is 0. The number of imidazole rings is 2. The van der Waals surface area contributed by atoms with Crippen LogP contribution in [0.25, 0.3) is 27.8 Å². The van der Waals surface area contributed by atoms with Crippen LogP contribution in [0.4, 0.5) is 0 Å². The van der Waals surface area contributed by atoms with E-state index in [9.17, 15) is 0 Å². The summed E-state index contributed by atoms with van der Waals surface area (Å²) >= 11 is 0. The minimum atomic E-state index is 0.953. The van der Waals surface area contributed by atoms with Gasteiger partial charge in [0.2, 0.25) is 5.78 Å². The maximum atomic E-state index is 4.64. The van der Waals surface area contributed by atoms with Crippen LogP contribution < -0.4 is 0 Å². The lowest BCUT2D eigenvalue weighted by Crippen LogP contribution is -1.87. The summed E-state index contributed by atoms with van der Waals surface area (Å²) in [4.78, 5) is 8.82. The number of aryl methyl sites for hydroxylation is 1. The van der Waals surface area contributed by atoms with E-state index in [1.54, 1.807) is 6.20 Å². The minimum Gasteiger partial charge on any atom is -0.313 e. The third kappa shape index (κ3) is 0.970. The van der Waals surface area contributed by atoms with E-state index in [2.05, 4.69) is 31.1 Å². The fraction of sp³-hybridized carbons (Fsp3) is 0.0769. The van der Waals surface area contributed by atoms with Crippen molar-refractivity contribution in [3.8, 4) is 0 Å². The standard InChI is InChI=1S/C13H10N4/c1-16-10-4-2-3-5-11(10)17-12-8-14-7-6-9(12)15-13(16)17/h2-8H,1H3. The van der Waals surface area contributed by atoms with Crippen molar-refractivity contribution < 1.29 is 0 Å². The summed E-state index contributed by atoms with van der Waals surface area (Å²) in [5.74, 6) is 0.953. The molecule has 17 heavy (non-hydrogen) atoms. The molecule has 82 valence electrons. The van der Waals surface area contributed by atoms with E-state index in [1.807, 2.05) is 31.4 Å². The topological polar surface area (TPSA) is 35.1 Å². The Morgan fingerprint density at radius 1 is 1.00 bits per heavy atom. The number of pyridine rings is 1. The molecule has 4 aromatic rings. The van der Waals surface area contributed by atoms with Crippen molar-refractivity contribution in [2.75, 3.05) is 0 Å². The van der Waals surface area contributed by atoms with Gasteiger partial charge < -0.3 is 4.57 Å². The van der Waals surface area contributed by atoms with Crippen LogP contribution in [0.3, 0.4) is 0 Å². The van der Waals surface area contributed by atoms with Crippen molar-refractivity contribution in [2.45, 2.75) is 0 Å². The van der Waals surface area contributed by atoms with Crippen LogP contribution in [0.2, 0.25) is 0 Å². The highest BCUT2D eigenvalue weighted by Crippen LogP contribution is 2.24. The first kappa shape index (κ1) is 8.75. The first-order valence-corrected chi connectivity index (χ1v) is 5.52. The lowest BCUT2D eigenvalue weighted by Gasteiger charge is -1.94. The van der Waals surface area contributed by atoms with Crippen LogP contribution in [0.15, 0.2) is 42.7 Å². The Hall–Kier alpha value is -2.36. The molecule has 0 saturated carbocycles. The van der Waals surface area contributed by atoms with Gasteiger partial charge in [0.05, 0.1) is 28.3 Å². The van der Waals surface area contributed by atoms with E-state index in [0.29, 0.717) is 0 Å². The molecule has 1 aromatic carbocycles. The van der Waals surface area contributed by atoms with E-state index in [1.165, 1.54) is 11.0 Å². The minimum absolute atomic E-state index is 0.953. The number of benzene rings is 1. The Balaban J connectivity index is 2.41. The number of hydrogen-bond acceptors (Lipinski definition) is 2. The van der Waals surface area contributed by atoms with Gasteiger partial charge in [0.25, 0.3) is 0 Å². The summed E-state index contributed by atoms with van der Waals surface area (Å²) in [5.41, 5.74) is 4.39. The van der Waals surface area contributed by atoms with Crippen LogP contribution in [0, 0.1) is 0 Å². The van der Waals surface area contributed by atoms with Gasteiger partial charge in [-0.2, -0.15) is 0 Å². The summed E-state index contributed by atoms with van der Waals surface area (Å²) in [6.07, 6.45) is 3.64. The molecule has 0 saturated heterocycles. The number of nitrogens with zero attached hydrogens (tertiary/aromatic N) is 4. The first-order chi connectivity index (χ1) is 8.36. The largest absolute Gasteiger partial charge is 0.313 e. The lowest BCUT2D eigenvalue weighted by molar-refractivity contribution is 0.973. The zero-order chi connectivity index (χ0) is 11.4. The number of fused-ring (bicyclic) bond motifs is 5. The zero-order valence-corrected chi connectivity index (χ0v) is 9.33. The van der Waals surface area contributed by atoms with Crippen LogP contribution in [-0.2, 0) is 7.05 Å². The van der Waals surface area contributed by atoms with E-state index in [-0.39, 0.29) is 0 Å². The predicted octanol–water partition coefficient (Wildman–Crippen LogP) is 2.37. The highest BCUT2D eigenvalue weighted by atomic mass is 15.2. The van der Waals surface area contributed by atoms with Crippen LogP contribution in [0.5, 0.6) is 0 Å². The van der Waals surface area contributed by atoms with Gasteiger partial charge in [0.1, 0.15) is 0 Å². The molecule has 4 heteroatoms. The third-order valence-corrected chi connectivity index (χ3v) is 3.22. The average molecular weight is 222 g/mol. The summed E-state index contributed by atoms with van der Waals surface area (Å²) < 4.78 is 4.26. The summed E-state index contributed by atoms with van der Waals surface area (Å²) in [7, 11) is 2.04. The summed E-state index contributed by atoms with van der Waals surface area (Å²) in [5, 5.41) is 0. The van der Waals surface area contributed by atoms with Crippen molar-refractivity contribution in [3.63, 3.8) is 0 Å². The molecule has 0 amide bonds. The summed E-state index contributed by atoms with van der Waals surface area (Å²) in [6, 6.07) is 10.2. The van der Waals surface area contributed by atoms with E-state index in [4.69, 9.17) is 0 Å². The maximum absolute atomic E-state index is 4.64. The highest BCUT2D eigenvalue weighted by Gasteiger charge is 2.12. The molecule has 3 heterocycles. The Labute approximate surface area is 97.1 Å². The van der Waals surface area contributed by atoms with Crippen molar-refractivity contribution in [1.82, 2.24) is 18.9 Å². The third-order valence-electron chi connectivity index (χ3n) is 3.22. The molecule has 3 aromatic heterocycles. The van der Waals surface area contributed by atoms with Crippen LogP contribution in [-0.4, -0.2) is 18.9 Å². The fourth-order valence-electron chi connectivity index (χ4n) is 2.42. The molecule has 0 N–H and O–H groups in total. The monoisotopic (exact) mass is 222 g/mol.